The highest BCUT2D eigenvalue weighted by molar-refractivity contribution is 4.91. The number of hydrogen-bond acceptors (Lipinski definition) is 2. The van der Waals surface area contributed by atoms with Gasteiger partial charge in [0.1, 0.15) is 0 Å². The normalized spacial score (nSPS) is 21.9. The van der Waals surface area contributed by atoms with E-state index < -0.39 is 0 Å². The van der Waals surface area contributed by atoms with Crippen LogP contribution in [-0.4, -0.2) is 36.1 Å². The second-order valence-corrected chi connectivity index (χ2v) is 7.04. The fourth-order valence-corrected chi connectivity index (χ4v) is 2.51. The van der Waals surface area contributed by atoms with Crippen LogP contribution in [-0.2, 0) is 0 Å². The van der Waals surface area contributed by atoms with Gasteiger partial charge in [0.25, 0.3) is 0 Å². The van der Waals surface area contributed by atoms with Gasteiger partial charge in [-0.15, -0.1) is 0 Å². The smallest absolute Gasteiger partial charge is 0.0153 e. The molecule has 0 aromatic carbocycles. The standard InChI is InChI=1S/C14H30N2/c1-12(2)15-10-13(3,4)11-16-9-7-8-14(16,5)6/h12,15H,7-11H2,1-6H3. The molecule has 0 radical (unpaired) electrons. The van der Waals surface area contributed by atoms with Gasteiger partial charge in [0.15, 0.2) is 0 Å². The van der Waals surface area contributed by atoms with Gasteiger partial charge in [0.05, 0.1) is 0 Å². The van der Waals surface area contributed by atoms with E-state index in [0.29, 0.717) is 17.0 Å². The summed E-state index contributed by atoms with van der Waals surface area (Å²) in [6.07, 6.45) is 2.71. The van der Waals surface area contributed by atoms with E-state index in [0.717, 1.165) is 6.54 Å². The molecule has 1 heterocycles. The molecule has 0 saturated carbocycles. The van der Waals surface area contributed by atoms with Crippen LogP contribution in [0.1, 0.15) is 54.4 Å². The van der Waals surface area contributed by atoms with Crippen molar-refractivity contribution in [2.24, 2.45) is 5.41 Å². The van der Waals surface area contributed by atoms with Crippen LogP contribution in [0.5, 0.6) is 0 Å². The highest BCUT2D eigenvalue weighted by atomic mass is 15.2. The fraction of sp³-hybridized carbons (Fsp3) is 1.00. The maximum absolute atomic E-state index is 3.56. The molecule has 0 amide bonds. The Morgan fingerprint density at radius 3 is 2.38 bits per heavy atom. The van der Waals surface area contributed by atoms with E-state index in [1.807, 2.05) is 0 Å². The van der Waals surface area contributed by atoms with Crippen molar-refractivity contribution in [3.05, 3.63) is 0 Å². The summed E-state index contributed by atoms with van der Waals surface area (Å²) in [7, 11) is 0. The van der Waals surface area contributed by atoms with E-state index in [9.17, 15) is 0 Å². The average molecular weight is 226 g/mol. The first-order valence-electron chi connectivity index (χ1n) is 6.71. The first-order chi connectivity index (χ1) is 7.23. The molecule has 1 rings (SSSR count). The molecule has 0 spiro atoms. The minimum Gasteiger partial charge on any atom is -0.314 e. The van der Waals surface area contributed by atoms with Gasteiger partial charge < -0.3 is 5.32 Å². The van der Waals surface area contributed by atoms with Gasteiger partial charge in [0, 0.05) is 24.7 Å². The molecule has 1 aliphatic heterocycles. The van der Waals surface area contributed by atoms with E-state index in [1.165, 1.54) is 25.9 Å². The molecule has 96 valence electrons. The quantitative estimate of drug-likeness (QED) is 0.775. The van der Waals surface area contributed by atoms with Crippen LogP contribution >= 0.6 is 0 Å². The molecule has 16 heavy (non-hydrogen) atoms. The Morgan fingerprint density at radius 2 is 1.94 bits per heavy atom. The summed E-state index contributed by atoms with van der Waals surface area (Å²) < 4.78 is 0. The average Bonchev–Trinajstić information content (AvgIpc) is 2.42. The third kappa shape index (κ3) is 4.06. The monoisotopic (exact) mass is 226 g/mol. The van der Waals surface area contributed by atoms with Crippen molar-refractivity contribution in [3.63, 3.8) is 0 Å². The third-order valence-electron chi connectivity index (χ3n) is 3.68. The van der Waals surface area contributed by atoms with E-state index in [-0.39, 0.29) is 0 Å². The zero-order valence-electron chi connectivity index (χ0n) is 12.1. The molecular weight excluding hydrogens is 196 g/mol. The lowest BCUT2D eigenvalue weighted by molar-refractivity contribution is 0.111. The van der Waals surface area contributed by atoms with E-state index in [1.54, 1.807) is 0 Å². The highest BCUT2D eigenvalue weighted by Crippen LogP contribution is 2.31. The highest BCUT2D eigenvalue weighted by Gasteiger charge is 2.35. The van der Waals surface area contributed by atoms with E-state index in [2.05, 4.69) is 51.8 Å². The van der Waals surface area contributed by atoms with Crippen LogP contribution in [0.2, 0.25) is 0 Å². The molecule has 0 aromatic heterocycles. The third-order valence-corrected chi connectivity index (χ3v) is 3.68. The lowest BCUT2D eigenvalue weighted by Crippen LogP contribution is -2.47. The number of nitrogens with zero attached hydrogens (tertiary/aromatic N) is 1. The molecule has 1 fully saturated rings. The fourth-order valence-electron chi connectivity index (χ4n) is 2.51. The van der Waals surface area contributed by atoms with Crippen molar-refractivity contribution in [2.45, 2.75) is 66.0 Å². The molecule has 2 heteroatoms. The predicted molar refractivity (Wildman–Crippen MR) is 71.8 cm³/mol. The zero-order valence-corrected chi connectivity index (χ0v) is 12.1. The summed E-state index contributed by atoms with van der Waals surface area (Å²) in [5.74, 6) is 0. The minimum atomic E-state index is 0.367. The second kappa shape index (κ2) is 5.05. The van der Waals surface area contributed by atoms with Gasteiger partial charge in [-0.1, -0.05) is 27.7 Å². The summed E-state index contributed by atoms with van der Waals surface area (Å²) in [4.78, 5) is 2.66. The van der Waals surface area contributed by atoms with E-state index in [4.69, 9.17) is 0 Å². The Labute approximate surface area is 102 Å². The molecule has 1 aliphatic rings. The van der Waals surface area contributed by atoms with Crippen LogP contribution in [0.25, 0.3) is 0 Å². The number of likely N-dealkylation sites (tertiary alicyclic amines) is 1. The number of rotatable bonds is 5. The largest absolute Gasteiger partial charge is 0.314 e. The molecular formula is C14H30N2. The van der Waals surface area contributed by atoms with Crippen molar-refractivity contribution in [1.29, 1.82) is 0 Å². The first kappa shape index (κ1) is 14.0. The Kier molecular flexibility index (Phi) is 4.42. The van der Waals surface area contributed by atoms with Crippen LogP contribution in [0.15, 0.2) is 0 Å². The summed E-state index contributed by atoms with van der Waals surface area (Å²) in [6.45, 7) is 17.5. The van der Waals surface area contributed by atoms with Gasteiger partial charge >= 0.3 is 0 Å². The maximum atomic E-state index is 3.56. The maximum Gasteiger partial charge on any atom is 0.0153 e. The van der Waals surface area contributed by atoms with Crippen LogP contribution in [0.4, 0.5) is 0 Å². The summed E-state index contributed by atoms with van der Waals surface area (Å²) in [6, 6.07) is 0.589. The van der Waals surface area contributed by atoms with Crippen LogP contribution in [0.3, 0.4) is 0 Å². The lowest BCUT2D eigenvalue weighted by atomic mass is 9.90. The minimum absolute atomic E-state index is 0.367. The summed E-state index contributed by atoms with van der Waals surface area (Å²) in [5, 5.41) is 3.56. The Morgan fingerprint density at radius 1 is 1.31 bits per heavy atom. The predicted octanol–water partition coefficient (Wildman–Crippen LogP) is 2.89. The summed E-state index contributed by atoms with van der Waals surface area (Å²) in [5.41, 5.74) is 0.779. The second-order valence-electron chi connectivity index (χ2n) is 7.04. The zero-order chi connectivity index (χ0) is 12.4. The van der Waals surface area contributed by atoms with Crippen molar-refractivity contribution in [3.8, 4) is 0 Å². The van der Waals surface area contributed by atoms with Crippen molar-refractivity contribution in [2.75, 3.05) is 19.6 Å². The Bertz CT molecular complexity index is 219. The van der Waals surface area contributed by atoms with Crippen LogP contribution < -0.4 is 5.32 Å². The van der Waals surface area contributed by atoms with Crippen molar-refractivity contribution < 1.29 is 0 Å². The van der Waals surface area contributed by atoms with Gasteiger partial charge in [-0.2, -0.15) is 0 Å². The number of hydrogen-bond donors (Lipinski definition) is 1. The van der Waals surface area contributed by atoms with Gasteiger partial charge in [0.2, 0.25) is 0 Å². The van der Waals surface area contributed by atoms with Gasteiger partial charge in [-0.3, -0.25) is 4.90 Å². The van der Waals surface area contributed by atoms with Gasteiger partial charge in [-0.25, -0.2) is 0 Å². The number of nitrogens with one attached hydrogen (secondary N) is 1. The lowest BCUT2D eigenvalue weighted by Gasteiger charge is -2.38. The molecule has 0 bridgehead atoms. The molecule has 1 saturated heterocycles. The van der Waals surface area contributed by atoms with Crippen LogP contribution in [0, 0.1) is 5.41 Å². The van der Waals surface area contributed by atoms with Gasteiger partial charge in [-0.05, 0) is 38.6 Å². The molecule has 2 nitrogen and oxygen atoms in total. The van der Waals surface area contributed by atoms with Crippen molar-refractivity contribution >= 4 is 0 Å². The molecule has 0 atom stereocenters. The SMILES string of the molecule is CC(C)NCC(C)(C)CN1CCCC1(C)C. The summed E-state index contributed by atoms with van der Waals surface area (Å²) >= 11 is 0. The molecule has 0 unspecified atom stereocenters. The Balaban J connectivity index is 2.45. The topological polar surface area (TPSA) is 15.3 Å². The van der Waals surface area contributed by atoms with E-state index >= 15 is 0 Å². The molecule has 1 N–H and O–H groups in total. The van der Waals surface area contributed by atoms with Crippen molar-refractivity contribution in [1.82, 2.24) is 10.2 Å². The Hall–Kier alpha value is -0.0800. The molecule has 0 aliphatic carbocycles. The molecule has 0 aromatic rings. The first-order valence-corrected chi connectivity index (χ1v) is 6.71.